The molecule has 2 rings (SSSR count). The molecule has 0 aliphatic heterocycles. The Morgan fingerprint density at radius 1 is 1.21 bits per heavy atom. The normalized spacial score (nSPS) is 12.8. The highest BCUT2D eigenvalue weighted by Crippen LogP contribution is 2.23. The number of hydrogen-bond acceptors (Lipinski definition) is 3. The Morgan fingerprint density at radius 2 is 1.88 bits per heavy atom. The average Bonchev–Trinajstić information content (AvgIpc) is 2.52. The largest absolute Gasteiger partial charge is 0.494 e. The molecule has 0 bridgehead atoms. The fourth-order valence-corrected chi connectivity index (χ4v) is 4.00. The van der Waals surface area contributed by atoms with Crippen molar-refractivity contribution in [1.29, 1.82) is 0 Å². The van der Waals surface area contributed by atoms with Crippen LogP contribution in [0.2, 0.25) is 5.02 Å². The quantitative estimate of drug-likeness (QED) is 0.798. The van der Waals surface area contributed by atoms with Crippen molar-refractivity contribution in [2.75, 3.05) is 6.61 Å². The smallest absolute Gasteiger partial charge is 0.216 e. The summed E-state index contributed by atoms with van der Waals surface area (Å²) in [6, 6.07) is 10.7. The topological polar surface area (TPSA) is 55.4 Å². The van der Waals surface area contributed by atoms with Crippen molar-refractivity contribution in [1.82, 2.24) is 4.72 Å². The van der Waals surface area contributed by atoms with E-state index in [1.165, 1.54) is 18.2 Å². The Balaban J connectivity index is 2.10. The molecule has 0 saturated carbocycles. The van der Waals surface area contributed by atoms with E-state index in [1.54, 1.807) is 31.2 Å². The van der Waals surface area contributed by atoms with Gasteiger partial charge >= 0.3 is 0 Å². The minimum atomic E-state index is -3.75. The Morgan fingerprint density at radius 3 is 2.46 bits per heavy atom. The van der Waals surface area contributed by atoms with E-state index >= 15 is 0 Å². The van der Waals surface area contributed by atoms with Gasteiger partial charge in [0.2, 0.25) is 10.0 Å². The fourth-order valence-electron chi connectivity index (χ4n) is 2.26. The molecular weight excluding hydrogens is 353 g/mol. The van der Waals surface area contributed by atoms with E-state index in [0.717, 1.165) is 11.3 Å². The number of halogens is 2. The van der Waals surface area contributed by atoms with Gasteiger partial charge in [0, 0.05) is 16.6 Å². The third kappa shape index (κ3) is 4.93. The summed E-state index contributed by atoms with van der Waals surface area (Å²) in [5.74, 6) is -0.434. The first-order chi connectivity index (χ1) is 11.3. The lowest BCUT2D eigenvalue weighted by atomic mass is 10.1. The zero-order chi connectivity index (χ0) is 17.7. The fraction of sp³-hybridized carbons (Fsp3) is 0.294. The molecule has 2 aromatic carbocycles. The maximum Gasteiger partial charge on any atom is 0.216 e. The van der Waals surface area contributed by atoms with Gasteiger partial charge in [0.25, 0.3) is 0 Å². The molecule has 0 saturated heterocycles. The molecule has 0 aliphatic rings. The van der Waals surface area contributed by atoms with Gasteiger partial charge in [-0.25, -0.2) is 17.5 Å². The zero-order valence-electron chi connectivity index (χ0n) is 13.4. The summed E-state index contributed by atoms with van der Waals surface area (Å²) in [6.07, 6.45) is 0. The lowest BCUT2D eigenvalue weighted by Gasteiger charge is -2.16. The van der Waals surface area contributed by atoms with Gasteiger partial charge in [-0.05, 0) is 43.7 Å². The minimum Gasteiger partial charge on any atom is -0.494 e. The maximum atomic E-state index is 13.8. The van der Waals surface area contributed by atoms with Gasteiger partial charge in [-0.3, -0.25) is 0 Å². The van der Waals surface area contributed by atoms with E-state index in [1.807, 2.05) is 6.92 Å². The summed E-state index contributed by atoms with van der Waals surface area (Å²) < 4.78 is 46.2. The third-order valence-electron chi connectivity index (χ3n) is 3.44. The van der Waals surface area contributed by atoms with Gasteiger partial charge < -0.3 is 4.74 Å². The minimum absolute atomic E-state index is 0.0365. The van der Waals surface area contributed by atoms with Crippen LogP contribution in [0.1, 0.15) is 31.0 Å². The maximum absolute atomic E-state index is 13.8. The van der Waals surface area contributed by atoms with Crippen LogP contribution in [0.15, 0.2) is 42.5 Å². The van der Waals surface area contributed by atoms with Crippen molar-refractivity contribution < 1.29 is 17.5 Å². The molecule has 0 amide bonds. The van der Waals surface area contributed by atoms with Crippen LogP contribution in [0, 0.1) is 5.82 Å². The second-order valence-corrected chi connectivity index (χ2v) is 7.46. The second-order valence-electron chi connectivity index (χ2n) is 5.30. The Kier molecular flexibility index (Phi) is 6.21. The van der Waals surface area contributed by atoms with Crippen LogP contribution in [0.3, 0.4) is 0 Å². The molecule has 1 atom stereocenters. The summed E-state index contributed by atoms with van der Waals surface area (Å²) in [6.45, 7) is 4.17. The highest BCUT2D eigenvalue weighted by molar-refractivity contribution is 7.88. The summed E-state index contributed by atoms with van der Waals surface area (Å²) >= 11 is 5.89. The number of rotatable bonds is 7. The molecule has 130 valence electrons. The van der Waals surface area contributed by atoms with E-state index in [2.05, 4.69) is 4.72 Å². The number of benzene rings is 2. The van der Waals surface area contributed by atoms with Crippen LogP contribution < -0.4 is 9.46 Å². The van der Waals surface area contributed by atoms with Gasteiger partial charge in [-0.1, -0.05) is 29.8 Å². The van der Waals surface area contributed by atoms with Crippen molar-refractivity contribution >= 4 is 21.6 Å². The van der Waals surface area contributed by atoms with Gasteiger partial charge in [0.15, 0.2) is 0 Å². The van der Waals surface area contributed by atoms with Crippen LogP contribution >= 0.6 is 11.6 Å². The van der Waals surface area contributed by atoms with Crippen LogP contribution in [0.5, 0.6) is 5.75 Å². The molecule has 0 aliphatic carbocycles. The van der Waals surface area contributed by atoms with E-state index in [0.29, 0.717) is 6.61 Å². The van der Waals surface area contributed by atoms with Crippen molar-refractivity contribution in [2.24, 2.45) is 0 Å². The number of hydrogen-bond donors (Lipinski definition) is 1. The van der Waals surface area contributed by atoms with E-state index in [-0.39, 0.29) is 10.6 Å². The van der Waals surface area contributed by atoms with Crippen LogP contribution in [-0.4, -0.2) is 15.0 Å². The zero-order valence-corrected chi connectivity index (χ0v) is 15.0. The van der Waals surface area contributed by atoms with Gasteiger partial charge in [0.1, 0.15) is 11.6 Å². The molecule has 24 heavy (non-hydrogen) atoms. The van der Waals surface area contributed by atoms with E-state index < -0.39 is 27.6 Å². The van der Waals surface area contributed by atoms with E-state index in [4.69, 9.17) is 16.3 Å². The Bertz CT molecular complexity index is 774. The molecule has 0 aromatic heterocycles. The van der Waals surface area contributed by atoms with Gasteiger partial charge in [-0.2, -0.15) is 0 Å². The average molecular weight is 372 g/mol. The predicted octanol–water partition coefficient (Wildman–Crippen LogP) is 4.06. The first kappa shape index (κ1) is 18.7. The van der Waals surface area contributed by atoms with Crippen LogP contribution in [-0.2, 0) is 15.8 Å². The summed E-state index contributed by atoms with van der Waals surface area (Å²) in [7, 11) is -3.75. The summed E-state index contributed by atoms with van der Waals surface area (Å²) in [4.78, 5) is 0. The van der Waals surface area contributed by atoms with Gasteiger partial charge in [-0.15, -0.1) is 0 Å². The molecule has 4 nitrogen and oxygen atoms in total. The molecule has 2 aromatic rings. The highest BCUT2D eigenvalue weighted by Gasteiger charge is 2.20. The lowest BCUT2D eigenvalue weighted by Crippen LogP contribution is -2.28. The van der Waals surface area contributed by atoms with E-state index in [9.17, 15) is 12.8 Å². The molecular formula is C17H19ClFNO3S. The molecule has 0 fully saturated rings. The standard InChI is InChI=1S/C17H19ClFNO3S/c1-3-23-14-9-7-13(8-10-14)12(2)20-24(21,22)11-15-16(18)5-4-6-17(15)19/h4-10,12,20H,3,11H2,1-2H3. The first-order valence-electron chi connectivity index (χ1n) is 7.48. The molecule has 0 spiro atoms. The lowest BCUT2D eigenvalue weighted by molar-refractivity contribution is 0.340. The SMILES string of the molecule is CCOc1ccc(C(C)NS(=O)(=O)Cc2c(F)cccc2Cl)cc1. The Labute approximate surface area is 146 Å². The van der Waals surface area contributed by atoms with Crippen LogP contribution in [0.4, 0.5) is 4.39 Å². The van der Waals surface area contributed by atoms with Crippen molar-refractivity contribution in [3.63, 3.8) is 0 Å². The van der Waals surface area contributed by atoms with Crippen LogP contribution in [0.25, 0.3) is 0 Å². The van der Waals surface area contributed by atoms with Crippen molar-refractivity contribution in [2.45, 2.75) is 25.6 Å². The third-order valence-corrected chi connectivity index (χ3v) is 5.18. The van der Waals surface area contributed by atoms with Gasteiger partial charge in [0.05, 0.1) is 12.4 Å². The monoisotopic (exact) mass is 371 g/mol. The number of sulfonamides is 1. The Hall–Kier alpha value is -1.63. The predicted molar refractivity (Wildman–Crippen MR) is 93.2 cm³/mol. The summed E-state index contributed by atoms with van der Waals surface area (Å²) in [5, 5.41) is 0.0918. The van der Waals surface area contributed by atoms with Crippen molar-refractivity contribution in [3.8, 4) is 5.75 Å². The first-order valence-corrected chi connectivity index (χ1v) is 9.51. The molecule has 1 unspecified atom stereocenters. The second kappa shape index (κ2) is 7.96. The number of nitrogens with one attached hydrogen (secondary N) is 1. The summed E-state index contributed by atoms with van der Waals surface area (Å²) in [5.41, 5.74) is 0.743. The highest BCUT2D eigenvalue weighted by atomic mass is 35.5. The van der Waals surface area contributed by atoms with Crippen molar-refractivity contribution in [3.05, 3.63) is 64.4 Å². The molecule has 7 heteroatoms. The molecule has 0 heterocycles. The molecule has 0 radical (unpaired) electrons. The molecule has 1 N–H and O–H groups in total. The number of ether oxygens (including phenoxy) is 1.